The van der Waals surface area contributed by atoms with Crippen LogP contribution in [0.3, 0.4) is 0 Å². The van der Waals surface area contributed by atoms with E-state index in [0.717, 1.165) is 5.39 Å². The Kier molecular flexibility index (Phi) is 4.09. The summed E-state index contributed by atoms with van der Waals surface area (Å²) < 4.78 is 21.4. The first kappa shape index (κ1) is 14.8. The molecular formula is C16H15N3O4. The maximum atomic E-state index is 5.71. The molecule has 0 aliphatic carbocycles. The molecule has 23 heavy (non-hydrogen) atoms. The van der Waals surface area contributed by atoms with Crippen molar-refractivity contribution in [3.63, 3.8) is 0 Å². The number of ether oxygens (including phenoxy) is 4. The zero-order valence-electron chi connectivity index (χ0n) is 12.9. The van der Waals surface area contributed by atoms with E-state index in [1.54, 1.807) is 58.0 Å². The summed E-state index contributed by atoms with van der Waals surface area (Å²) in [5, 5.41) is 0.766. The highest BCUT2D eigenvalue weighted by Crippen LogP contribution is 2.33. The summed E-state index contributed by atoms with van der Waals surface area (Å²) in [6.07, 6.45) is 3.28. The number of nitrogens with zero attached hydrogens (tertiary/aromatic N) is 3. The third kappa shape index (κ3) is 2.94. The van der Waals surface area contributed by atoms with Gasteiger partial charge in [-0.15, -0.1) is 0 Å². The van der Waals surface area contributed by atoms with E-state index in [1.165, 1.54) is 0 Å². The third-order valence-electron chi connectivity index (χ3n) is 3.20. The van der Waals surface area contributed by atoms with Crippen molar-refractivity contribution in [3.8, 4) is 29.1 Å². The van der Waals surface area contributed by atoms with E-state index in [9.17, 15) is 0 Å². The molecule has 0 unspecified atom stereocenters. The van der Waals surface area contributed by atoms with Crippen LogP contribution in [0.2, 0.25) is 0 Å². The van der Waals surface area contributed by atoms with Crippen LogP contribution in [0.15, 0.2) is 36.7 Å². The number of aromatic nitrogens is 3. The maximum Gasteiger partial charge on any atom is 0.325 e. The van der Waals surface area contributed by atoms with Gasteiger partial charge in [-0.2, -0.15) is 9.97 Å². The molecule has 118 valence electrons. The van der Waals surface area contributed by atoms with Gasteiger partial charge >= 0.3 is 6.01 Å². The Hall–Kier alpha value is -3.09. The molecular weight excluding hydrogens is 298 g/mol. The van der Waals surface area contributed by atoms with E-state index in [1.807, 2.05) is 0 Å². The van der Waals surface area contributed by atoms with Gasteiger partial charge in [0.2, 0.25) is 5.88 Å². The van der Waals surface area contributed by atoms with Gasteiger partial charge in [0.25, 0.3) is 0 Å². The van der Waals surface area contributed by atoms with Crippen LogP contribution < -0.4 is 18.9 Å². The monoisotopic (exact) mass is 313 g/mol. The molecule has 0 saturated heterocycles. The zero-order chi connectivity index (χ0) is 16.2. The Morgan fingerprint density at radius 3 is 2.43 bits per heavy atom. The first-order valence-corrected chi connectivity index (χ1v) is 6.80. The summed E-state index contributed by atoms with van der Waals surface area (Å²) in [5.41, 5.74) is 0.634. The fourth-order valence-corrected chi connectivity index (χ4v) is 2.12. The Balaban J connectivity index is 1.98. The van der Waals surface area contributed by atoms with Gasteiger partial charge in [0.1, 0.15) is 5.75 Å². The van der Waals surface area contributed by atoms with Gasteiger partial charge in [0.05, 0.1) is 38.4 Å². The highest BCUT2D eigenvalue weighted by atomic mass is 16.5. The molecule has 0 saturated carbocycles. The van der Waals surface area contributed by atoms with Crippen molar-refractivity contribution in [2.24, 2.45) is 0 Å². The molecule has 3 rings (SSSR count). The summed E-state index contributed by atoms with van der Waals surface area (Å²) in [5.74, 6) is 2.11. The van der Waals surface area contributed by atoms with E-state index in [4.69, 9.17) is 18.9 Å². The topological polar surface area (TPSA) is 75.6 Å². The first-order chi connectivity index (χ1) is 11.2. The van der Waals surface area contributed by atoms with Crippen molar-refractivity contribution < 1.29 is 18.9 Å². The summed E-state index contributed by atoms with van der Waals surface area (Å²) in [7, 11) is 4.67. The minimum Gasteiger partial charge on any atom is -0.493 e. The van der Waals surface area contributed by atoms with Crippen LogP contribution in [0.1, 0.15) is 0 Å². The molecule has 0 amide bonds. The Morgan fingerprint density at radius 2 is 1.70 bits per heavy atom. The average Bonchev–Trinajstić information content (AvgIpc) is 2.60. The molecule has 1 aromatic carbocycles. The van der Waals surface area contributed by atoms with Crippen LogP contribution >= 0.6 is 0 Å². The van der Waals surface area contributed by atoms with Crippen molar-refractivity contribution >= 4 is 10.9 Å². The zero-order valence-corrected chi connectivity index (χ0v) is 12.9. The van der Waals surface area contributed by atoms with Crippen molar-refractivity contribution in [1.82, 2.24) is 15.0 Å². The van der Waals surface area contributed by atoms with E-state index in [-0.39, 0.29) is 6.01 Å². The quantitative estimate of drug-likeness (QED) is 0.717. The molecule has 7 heteroatoms. The van der Waals surface area contributed by atoms with E-state index >= 15 is 0 Å². The fourth-order valence-electron chi connectivity index (χ4n) is 2.12. The van der Waals surface area contributed by atoms with Gasteiger partial charge < -0.3 is 18.9 Å². The number of fused-ring (bicyclic) bond motifs is 1. The molecule has 2 aromatic heterocycles. The lowest BCUT2D eigenvalue weighted by Crippen LogP contribution is -1.98. The van der Waals surface area contributed by atoms with E-state index in [0.29, 0.717) is 28.6 Å². The van der Waals surface area contributed by atoms with Crippen molar-refractivity contribution in [1.29, 1.82) is 0 Å². The van der Waals surface area contributed by atoms with Crippen LogP contribution in [0.4, 0.5) is 0 Å². The summed E-state index contributed by atoms with van der Waals surface area (Å²) >= 11 is 0. The van der Waals surface area contributed by atoms with Gasteiger partial charge in [0.15, 0.2) is 11.5 Å². The molecule has 0 bridgehead atoms. The molecule has 7 nitrogen and oxygen atoms in total. The fraction of sp³-hybridized carbons (Fsp3) is 0.188. The lowest BCUT2D eigenvalue weighted by molar-refractivity contribution is 0.350. The normalized spacial score (nSPS) is 10.4. The van der Waals surface area contributed by atoms with Crippen LogP contribution in [-0.4, -0.2) is 36.3 Å². The smallest absolute Gasteiger partial charge is 0.325 e. The van der Waals surface area contributed by atoms with E-state index < -0.39 is 0 Å². The predicted molar refractivity (Wildman–Crippen MR) is 83.5 cm³/mol. The minimum atomic E-state index is 0.162. The lowest BCUT2D eigenvalue weighted by Gasteiger charge is -2.11. The van der Waals surface area contributed by atoms with Gasteiger partial charge in [-0.3, -0.25) is 4.98 Å². The number of hydrogen-bond donors (Lipinski definition) is 0. The molecule has 0 aliphatic heterocycles. The Morgan fingerprint density at radius 1 is 0.870 bits per heavy atom. The van der Waals surface area contributed by atoms with Crippen LogP contribution in [-0.2, 0) is 0 Å². The van der Waals surface area contributed by atoms with Crippen LogP contribution in [0.25, 0.3) is 10.9 Å². The van der Waals surface area contributed by atoms with Crippen molar-refractivity contribution in [2.75, 3.05) is 21.3 Å². The molecule has 0 aliphatic rings. The maximum absolute atomic E-state index is 5.71. The van der Waals surface area contributed by atoms with Crippen LogP contribution in [0, 0.1) is 0 Å². The SMILES string of the molecule is COc1ccc(Oc2nc(OC)c3ccncc3n2)cc1OC. The number of hydrogen-bond acceptors (Lipinski definition) is 7. The standard InChI is InChI=1S/C16H15N3O4/c1-20-13-5-4-10(8-14(13)21-2)23-16-18-12-9-17-7-6-11(12)15(19-16)22-3/h4-9H,1-3H3. The van der Waals surface area contributed by atoms with Gasteiger partial charge in [-0.05, 0) is 18.2 Å². The van der Waals surface area contributed by atoms with E-state index in [2.05, 4.69) is 15.0 Å². The number of pyridine rings is 1. The second kappa shape index (κ2) is 6.35. The lowest BCUT2D eigenvalue weighted by atomic mass is 10.3. The number of benzene rings is 1. The van der Waals surface area contributed by atoms with Gasteiger partial charge in [0, 0.05) is 12.3 Å². The molecule has 0 spiro atoms. The molecule has 3 aromatic rings. The predicted octanol–water partition coefficient (Wildman–Crippen LogP) is 2.84. The molecule has 0 N–H and O–H groups in total. The highest BCUT2D eigenvalue weighted by Gasteiger charge is 2.11. The molecule has 0 atom stereocenters. The minimum absolute atomic E-state index is 0.162. The first-order valence-electron chi connectivity index (χ1n) is 6.80. The van der Waals surface area contributed by atoms with Gasteiger partial charge in [-0.25, -0.2) is 0 Å². The molecule has 0 radical (unpaired) electrons. The number of rotatable bonds is 5. The summed E-state index contributed by atoms with van der Waals surface area (Å²) in [4.78, 5) is 12.6. The van der Waals surface area contributed by atoms with Crippen LogP contribution in [0.5, 0.6) is 29.1 Å². The molecule has 0 fully saturated rings. The highest BCUT2D eigenvalue weighted by molar-refractivity contribution is 5.82. The van der Waals surface area contributed by atoms with Crippen molar-refractivity contribution in [2.45, 2.75) is 0 Å². The number of methoxy groups -OCH3 is 3. The second-order valence-corrected chi connectivity index (χ2v) is 4.53. The summed E-state index contributed by atoms with van der Waals surface area (Å²) in [6.45, 7) is 0. The molecule has 2 heterocycles. The summed E-state index contributed by atoms with van der Waals surface area (Å²) in [6, 6.07) is 7.13. The second-order valence-electron chi connectivity index (χ2n) is 4.53. The van der Waals surface area contributed by atoms with Gasteiger partial charge in [-0.1, -0.05) is 0 Å². The Labute approximate surface area is 132 Å². The Bertz CT molecular complexity index is 839. The van der Waals surface area contributed by atoms with Crippen molar-refractivity contribution in [3.05, 3.63) is 36.7 Å². The average molecular weight is 313 g/mol. The third-order valence-corrected chi connectivity index (χ3v) is 3.20. The largest absolute Gasteiger partial charge is 0.493 e.